The summed E-state index contributed by atoms with van der Waals surface area (Å²) in [5, 5.41) is 0. The molecule has 3 nitrogen and oxygen atoms in total. The molecule has 0 amide bonds. The van der Waals surface area contributed by atoms with E-state index in [9.17, 15) is 0 Å². The molecule has 0 fully saturated rings. The highest BCUT2D eigenvalue weighted by Crippen LogP contribution is 2.34. The van der Waals surface area contributed by atoms with E-state index >= 15 is 0 Å². The van der Waals surface area contributed by atoms with E-state index in [1.807, 2.05) is 12.1 Å². The van der Waals surface area contributed by atoms with Gasteiger partial charge in [0.15, 0.2) is 12.5 Å². The minimum absolute atomic E-state index is 0.221. The van der Waals surface area contributed by atoms with Gasteiger partial charge in [-0.15, -0.1) is 0 Å². The summed E-state index contributed by atoms with van der Waals surface area (Å²) in [6.07, 6.45) is 0. The molecule has 0 aliphatic heterocycles. The van der Waals surface area contributed by atoms with Gasteiger partial charge in [-0.2, -0.15) is 0 Å². The fourth-order valence-corrected chi connectivity index (χ4v) is 2.50. The minimum atomic E-state index is 0.221. The van der Waals surface area contributed by atoms with Crippen molar-refractivity contribution >= 4 is 31.9 Å². The summed E-state index contributed by atoms with van der Waals surface area (Å²) in [5.41, 5.74) is 6.57. The molecule has 0 aromatic heterocycles. The molecule has 0 aliphatic carbocycles. The first-order chi connectivity index (χ1) is 6.69. The van der Waals surface area contributed by atoms with E-state index in [-0.39, 0.29) is 6.79 Å². The normalized spacial score (nSPS) is 10.3. The third kappa shape index (κ3) is 2.95. The first-order valence-corrected chi connectivity index (χ1v) is 5.57. The Morgan fingerprint density at radius 3 is 2.29 bits per heavy atom. The van der Waals surface area contributed by atoms with Gasteiger partial charge in [-0.3, -0.25) is 0 Å². The van der Waals surface area contributed by atoms with Gasteiger partial charge in [0.05, 0.1) is 8.95 Å². The zero-order valence-electron chi connectivity index (χ0n) is 7.72. The van der Waals surface area contributed by atoms with Gasteiger partial charge < -0.3 is 15.2 Å². The van der Waals surface area contributed by atoms with Gasteiger partial charge in [0.1, 0.15) is 0 Å². The summed E-state index contributed by atoms with van der Waals surface area (Å²) in [7, 11) is 1.58. The second kappa shape index (κ2) is 5.70. The van der Waals surface area contributed by atoms with Crippen LogP contribution in [0.5, 0.6) is 5.75 Å². The van der Waals surface area contributed by atoms with Crippen molar-refractivity contribution in [1.82, 2.24) is 0 Å². The number of hydrogen-bond acceptors (Lipinski definition) is 3. The Balaban J connectivity index is 2.93. The van der Waals surface area contributed by atoms with Crippen molar-refractivity contribution in [2.24, 2.45) is 5.73 Å². The third-order valence-corrected chi connectivity index (χ3v) is 2.79. The summed E-state index contributed by atoms with van der Waals surface area (Å²) in [6.45, 7) is 0.723. The summed E-state index contributed by atoms with van der Waals surface area (Å²) in [5.74, 6) is 0.726. The second-order valence-corrected chi connectivity index (χ2v) is 4.35. The number of nitrogens with two attached hydrogens (primary N) is 1. The SMILES string of the molecule is COCOc1c(Br)cc(CN)cc1Br. The maximum atomic E-state index is 5.53. The van der Waals surface area contributed by atoms with Crippen LogP contribution in [-0.2, 0) is 11.3 Å². The van der Waals surface area contributed by atoms with Crippen molar-refractivity contribution < 1.29 is 9.47 Å². The summed E-state index contributed by atoms with van der Waals surface area (Å²) in [6, 6.07) is 3.85. The van der Waals surface area contributed by atoms with E-state index in [1.54, 1.807) is 7.11 Å². The molecule has 0 saturated carbocycles. The Bertz CT molecular complexity index is 295. The van der Waals surface area contributed by atoms with Gasteiger partial charge in [-0.1, -0.05) is 0 Å². The molecule has 0 saturated heterocycles. The average molecular weight is 325 g/mol. The lowest BCUT2D eigenvalue weighted by atomic mass is 10.2. The fraction of sp³-hybridized carbons (Fsp3) is 0.333. The fourth-order valence-electron chi connectivity index (χ4n) is 0.986. The first kappa shape index (κ1) is 12.0. The Labute approximate surface area is 99.8 Å². The molecule has 0 heterocycles. The molecule has 5 heteroatoms. The van der Waals surface area contributed by atoms with E-state index in [0.29, 0.717) is 6.54 Å². The van der Waals surface area contributed by atoms with E-state index in [4.69, 9.17) is 15.2 Å². The summed E-state index contributed by atoms with van der Waals surface area (Å²) >= 11 is 6.81. The quantitative estimate of drug-likeness (QED) is 0.866. The average Bonchev–Trinajstić information content (AvgIpc) is 2.16. The van der Waals surface area contributed by atoms with Gasteiger partial charge in [0, 0.05) is 13.7 Å². The second-order valence-electron chi connectivity index (χ2n) is 2.64. The first-order valence-electron chi connectivity index (χ1n) is 3.98. The zero-order valence-corrected chi connectivity index (χ0v) is 10.9. The molecule has 0 unspecified atom stereocenters. The molecule has 0 bridgehead atoms. The van der Waals surface area contributed by atoms with Crippen LogP contribution in [0.25, 0.3) is 0 Å². The number of rotatable bonds is 4. The molecule has 78 valence electrons. The van der Waals surface area contributed by atoms with Crippen LogP contribution in [0, 0.1) is 0 Å². The Hall–Kier alpha value is -0.100. The van der Waals surface area contributed by atoms with Crippen LogP contribution >= 0.6 is 31.9 Å². The molecule has 0 atom stereocenters. The molecule has 0 aliphatic rings. The number of benzene rings is 1. The highest BCUT2D eigenvalue weighted by atomic mass is 79.9. The molecular weight excluding hydrogens is 314 g/mol. The topological polar surface area (TPSA) is 44.5 Å². The summed E-state index contributed by atoms with van der Waals surface area (Å²) in [4.78, 5) is 0. The Kier molecular flexibility index (Phi) is 4.88. The molecule has 1 aromatic carbocycles. The molecular formula is C9H11Br2NO2. The minimum Gasteiger partial charge on any atom is -0.465 e. The summed E-state index contributed by atoms with van der Waals surface area (Å²) < 4.78 is 11.9. The lowest BCUT2D eigenvalue weighted by molar-refractivity contribution is 0.0500. The van der Waals surface area contributed by atoms with Crippen LogP contribution in [0.15, 0.2) is 21.1 Å². The smallest absolute Gasteiger partial charge is 0.188 e. The number of hydrogen-bond donors (Lipinski definition) is 1. The van der Waals surface area contributed by atoms with Crippen LogP contribution in [0.2, 0.25) is 0 Å². The van der Waals surface area contributed by atoms with Crippen molar-refractivity contribution in [3.8, 4) is 5.75 Å². The van der Waals surface area contributed by atoms with E-state index in [0.717, 1.165) is 20.3 Å². The largest absolute Gasteiger partial charge is 0.465 e. The number of ether oxygens (including phenoxy) is 2. The standard InChI is InChI=1S/C9H11Br2NO2/c1-13-5-14-9-7(10)2-6(4-12)3-8(9)11/h2-3H,4-5,12H2,1H3. The predicted molar refractivity (Wildman–Crippen MR) is 62.2 cm³/mol. The molecule has 2 N–H and O–H groups in total. The lowest BCUT2D eigenvalue weighted by Crippen LogP contribution is -2.02. The van der Waals surface area contributed by atoms with E-state index < -0.39 is 0 Å². The van der Waals surface area contributed by atoms with Gasteiger partial charge in [0.25, 0.3) is 0 Å². The van der Waals surface area contributed by atoms with E-state index in [1.165, 1.54) is 0 Å². The van der Waals surface area contributed by atoms with Crippen LogP contribution in [0.4, 0.5) is 0 Å². The van der Waals surface area contributed by atoms with Crippen LogP contribution in [0.3, 0.4) is 0 Å². The van der Waals surface area contributed by atoms with Crippen LogP contribution in [0.1, 0.15) is 5.56 Å². The predicted octanol–water partition coefficient (Wildman–Crippen LogP) is 2.65. The number of methoxy groups -OCH3 is 1. The maximum Gasteiger partial charge on any atom is 0.188 e. The highest BCUT2D eigenvalue weighted by molar-refractivity contribution is 9.11. The third-order valence-electron chi connectivity index (χ3n) is 1.61. The molecule has 1 rings (SSSR count). The molecule has 1 aromatic rings. The number of halogens is 2. The van der Waals surface area contributed by atoms with Gasteiger partial charge >= 0.3 is 0 Å². The zero-order chi connectivity index (χ0) is 10.6. The molecule has 0 radical (unpaired) electrons. The van der Waals surface area contributed by atoms with Crippen LogP contribution < -0.4 is 10.5 Å². The lowest BCUT2D eigenvalue weighted by Gasteiger charge is -2.10. The van der Waals surface area contributed by atoms with Gasteiger partial charge in [-0.05, 0) is 49.6 Å². The Morgan fingerprint density at radius 2 is 1.86 bits per heavy atom. The van der Waals surface area contributed by atoms with Crippen molar-refractivity contribution in [3.63, 3.8) is 0 Å². The van der Waals surface area contributed by atoms with Crippen LogP contribution in [-0.4, -0.2) is 13.9 Å². The van der Waals surface area contributed by atoms with E-state index in [2.05, 4.69) is 31.9 Å². The van der Waals surface area contributed by atoms with Gasteiger partial charge in [0.2, 0.25) is 0 Å². The van der Waals surface area contributed by atoms with Crippen molar-refractivity contribution in [2.45, 2.75) is 6.54 Å². The molecule has 14 heavy (non-hydrogen) atoms. The van der Waals surface area contributed by atoms with Crippen molar-refractivity contribution in [2.75, 3.05) is 13.9 Å². The monoisotopic (exact) mass is 323 g/mol. The van der Waals surface area contributed by atoms with Gasteiger partial charge in [-0.25, -0.2) is 0 Å². The van der Waals surface area contributed by atoms with Crippen molar-refractivity contribution in [3.05, 3.63) is 26.6 Å². The highest BCUT2D eigenvalue weighted by Gasteiger charge is 2.07. The Morgan fingerprint density at radius 1 is 1.29 bits per heavy atom. The van der Waals surface area contributed by atoms with Crippen molar-refractivity contribution in [1.29, 1.82) is 0 Å². The maximum absolute atomic E-state index is 5.53. The molecule has 0 spiro atoms.